The Kier molecular flexibility index (Phi) is 5.27. The van der Waals surface area contributed by atoms with Crippen molar-refractivity contribution in [2.45, 2.75) is 12.1 Å². The number of aromatic nitrogens is 4. The molecule has 1 atom stereocenters. The molecule has 4 rings (SSSR count). The van der Waals surface area contributed by atoms with Gasteiger partial charge in [0.05, 0.1) is 37.2 Å². The molecule has 3 heterocycles. The Bertz CT molecular complexity index is 940. The zero-order valence-electron chi connectivity index (χ0n) is 15.2. The molecular formula is C19H21N7O2. The van der Waals surface area contributed by atoms with Crippen LogP contribution in [0.4, 0.5) is 11.5 Å². The van der Waals surface area contributed by atoms with Gasteiger partial charge in [0.25, 0.3) is 5.91 Å². The van der Waals surface area contributed by atoms with Gasteiger partial charge >= 0.3 is 0 Å². The van der Waals surface area contributed by atoms with E-state index in [2.05, 4.69) is 37.8 Å². The smallest absolute Gasteiger partial charge is 0.278 e. The van der Waals surface area contributed by atoms with Crippen molar-refractivity contribution in [3.63, 3.8) is 0 Å². The molecule has 1 aliphatic heterocycles. The molecule has 0 radical (unpaired) electrons. The van der Waals surface area contributed by atoms with E-state index in [0.717, 1.165) is 18.8 Å². The van der Waals surface area contributed by atoms with Gasteiger partial charge in [-0.1, -0.05) is 30.3 Å². The monoisotopic (exact) mass is 379 g/mol. The van der Waals surface area contributed by atoms with Gasteiger partial charge in [0.15, 0.2) is 11.5 Å². The van der Waals surface area contributed by atoms with Gasteiger partial charge in [0.1, 0.15) is 0 Å². The van der Waals surface area contributed by atoms with Crippen molar-refractivity contribution in [1.29, 1.82) is 0 Å². The lowest BCUT2D eigenvalue weighted by atomic mass is 10.1. The molecule has 2 aromatic heterocycles. The third kappa shape index (κ3) is 4.00. The molecule has 1 aromatic carbocycles. The fourth-order valence-electron chi connectivity index (χ4n) is 2.96. The molecule has 0 spiro atoms. The number of nitrogens with zero attached hydrogens (tertiary/aromatic N) is 4. The number of anilines is 2. The summed E-state index contributed by atoms with van der Waals surface area (Å²) < 4.78 is 7.06. The van der Waals surface area contributed by atoms with Crippen molar-refractivity contribution < 1.29 is 9.53 Å². The van der Waals surface area contributed by atoms with Crippen LogP contribution in [0.25, 0.3) is 0 Å². The van der Waals surface area contributed by atoms with Crippen molar-refractivity contribution >= 4 is 17.4 Å². The summed E-state index contributed by atoms with van der Waals surface area (Å²) in [4.78, 5) is 20.3. The number of hydrogen-bond donors (Lipinski definition) is 3. The minimum atomic E-state index is -0.425. The Morgan fingerprint density at radius 1 is 1.25 bits per heavy atom. The summed E-state index contributed by atoms with van der Waals surface area (Å²) in [5.41, 5.74) is 7.48. The lowest BCUT2D eigenvalue weighted by molar-refractivity contribution is -0.00588. The topological polar surface area (TPSA) is 120 Å². The first kappa shape index (κ1) is 18.1. The van der Waals surface area contributed by atoms with Gasteiger partial charge in [-0.2, -0.15) is 5.10 Å². The van der Waals surface area contributed by atoms with E-state index in [-0.39, 0.29) is 17.6 Å². The van der Waals surface area contributed by atoms with Crippen LogP contribution in [-0.4, -0.2) is 51.5 Å². The van der Waals surface area contributed by atoms with Crippen LogP contribution >= 0.6 is 0 Å². The molecule has 1 aliphatic rings. The number of hydrogen-bond acceptors (Lipinski definition) is 7. The van der Waals surface area contributed by atoms with Crippen LogP contribution in [0, 0.1) is 0 Å². The van der Waals surface area contributed by atoms with Crippen molar-refractivity contribution in [1.82, 2.24) is 25.1 Å². The number of ether oxygens (including phenoxy) is 1. The molecular weight excluding hydrogens is 358 g/mol. The van der Waals surface area contributed by atoms with E-state index in [1.165, 1.54) is 12.4 Å². The number of benzene rings is 1. The summed E-state index contributed by atoms with van der Waals surface area (Å²) in [6.45, 7) is 2.15. The molecule has 0 bridgehead atoms. The number of amides is 1. The van der Waals surface area contributed by atoms with Crippen molar-refractivity contribution in [3.8, 4) is 0 Å². The third-order valence-corrected chi connectivity index (χ3v) is 4.54. The molecule has 144 valence electrons. The fraction of sp³-hybridized carbons (Fsp3) is 0.263. The molecule has 28 heavy (non-hydrogen) atoms. The van der Waals surface area contributed by atoms with E-state index in [0.29, 0.717) is 18.3 Å². The van der Waals surface area contributed by atoms with Gasteiger partial charge in [0, 0.05) is 25.1 Å². The van der Waals surface area contributed by atoms with E-state index in [4.69, 9.17) is 10.5 Å². The van der Waals surface area contributed by atoms with Crippen molar-refractivity contribution in [2.75, 3.05) is 30.8 Å². The van der Waals surface area contributed by atoms with Crippen LogP contribution < -0.4 is 16.4 Å². The second kappa shape index (κ2) is 8.15. The highest BCUT2D eigenvalue weighted by atomic mass is 16.5. The normalized spacial score (nSPS) is 15.0. The van der Waals surface area contributed by atoms with E-state index < -0.39 is 5.91 Å². The number of carbonyl (C=O) groups excluding carboxylic acids is 1. The highest BCUT2D eigenvalue weighted by Crippen LogP contribution is 2.20. The Balaban J connectivity index is 1.50. The minimum Gasteiger partial charge on any atom is -0.382 e. The summed E-state index contributed by atoms with van der Waals surface area (Å²) in [5.74, 6) is -0.340. The minimum absolute atomic E-state index is 0.0194. The number of rotatable bonds is 7. The number of nitrogens with two attached hydrogens (primary N) is 1. The lowest BCUT2D eigenvalue weighted by Gasteiger charge is -2.29. The third-order valence-electron chi connectivity index (χ3n) is 4.54. The second-order valence-corrected chi connectivity index (χ2v) is 6.52. The maximum atomic E-state index is 12.4. The molecule has 9 nitrogen and oxygen atoms in total. The molecule has 9 heteroatoms. The molecule has 1 saturated heterocycles. The summed E-state index contributed by atoms with van der Waals surface area (Å²) in [5, 5.41) is 10.7. The highest BCUT2D eigenvalue weighted by molar-refractivity contribution is 6.05. The van der Waals surface area contributed by atoms with Crippen LogP contribution in [0.5, 0.6) is 0 Å². The van der Waals surface area contributed by atoms with Gasteiger partial charge in [0.2, 0.25) is 0 Å². The fourth-order valence-corrected chi connectivity index (χ4v) is 2.96. The summed E-state index contributed by atoms with van der Waals surface area (Å²) in [6, 6.07) is 10.4. The maximum Gasteiger partial charge on any atom is 0.278 e. The van der Waals surface area contributed by atoms with Gasteiger partial charge in [-0.05, 0) is 5.56 Å². The molecule has 0 aliphatic carbocycles. The maximum absolute atomic E-state index is 12.4. The van der Waals surface area contributed by atoms with Crippen LogP contribution in [0.3, 0.4) is 0 Å². The van der Waals surface area contributed by atoms with Crippen molar-refractivity contribution in [2.24, 2.45) is 0 Å². The predicted molar refractivity (Wildman–Crippen MR) is 104 cm³/mol. The van der Waals surface area contributed by atoms with Crippen molar-refractivity contribution in [3.05, 3.63) is 66.4 Å². The number of nitrogens with one attached hydrogen (secondary N) is 2. The number of carbonyl (C=O) groups is 1. The summed E-state index contributed by atoms with van der Waals surface area (Å²) >= 11 is 0. The standard InChI is InChI=1S/C19H21N7O2/c20-18-17(21-6-7-22-18)19(27)25-14-8-24-26(10-14)16(9-23-15-11-28-12-15)13-4-2-1-3-5-13/h1-8,10,15-16,23H,9,11-12H2,(H2,20,22)(H,25,27). The zero-order valence-corrected chi connectivity index (χ0v) is 15.2. The first-order valence-corrected chi connectivity index (χ1v) is 8.99. The van der Waals surface area contributed by atoms with Crippen LogP contribution in [-0.2, 0) is 4.74 Å². The van der Waals surface area contributed by atoms with E-state index in [9.17, 15) is 4.79 Å². The van der Waals surface area contributed by atoms with E-state index in [1.807, 2.05) is 22.9 Å². The SMILES string of the molecule is Nc1nccnc1C(=O)Nc1cnn(C(CNC2COC2)c2ccccc2)c1. The van der Waals surface area contributed by atoms with Gasteiger partial charge < -0.3 is 21.1 Å². The van der Waals surface area contributed by atoms with Gasteiger partial charge in [-0.3, -0.25) is 9.48 Å². The second-order valence-electron chi connectivity index (χ2n) is 6.52. The Morgan fingerprint density at radius 2 is 2.04 bits per heavy atom. The average Bonchev–Trinajstić information content (AvgIpc) is 3.13. The Labute approximate surface area is 161 Å². The number of nitrogen functional groups attached to an aromatic ring is 1. The molecule has 3 aromatic rings. The first-order chi connectivity index (χ1) is 13.7. The molecule has 1 fully saturated rings. The van der Waals surface area contributed by atoms with Crippen LogP contribution in [0.2, 0.25) is 0 Å². The summed E-state index contributed by atoms with van der Waals surface area (Å²) in [6.07, 6.45) is 6.26. The summed E-state index contributed by atoms with van der Waals surface area (Å²) in [7, 11) is 0. The Morgan fingerprint density at radius 3 is 2.75 bits per heavy atom. The van der Waals surface area contributed by atoms with Crippen LogP contribution in [0.15, 0.2) is 55.1 Å². The predicted octanol–water partition coefficient (Wildman–Crippen LogP) is 1.09. The van der Waals surface area contributed by atoms with E-state index in [1.54, 1.807) is 12.4 Å². The Hall–Kier alpha value is -3.30. The largest absolute Gasteiger partial charge is 0.382 e. The first-order valence-electron chi connectivity index (χ1n) is 8.99. The lowest BCUT2D eigenvalue weighted by Crippen LogP contribution is -2.47. The zero-order chi connectivity index (χ0) is 19.3. The van der Waals surface area contributed by atoms with E-state index >= 15 is 0 Å². The molecule has 4 N–H and O–H groups in total. The molecule has 0 saturated carbocycles. The molecule has 1 amide bonds. The molecule has 1 unspecified atom stereocenters. The highest BCUT2D eigenvalue weighted by Gasteiger charge is 2.22. The van der Waals surface area contributed by atoms with Gasteiger partial charge in [-0.15, -0.1) is 0 Å². The average molecular weight is 379 g/mol. The van der Waals surface area contributed by atoms with Gasteiger partial charge in [-0.25, -0.2) is 9.97 Å². The van der Waals surface area contributed by atoms with Crippen LogP contribution in [0.1, 0.15) is 22.1 Å². The quantitative estimate of drug-likeness (QED) is 0.562.